The van der Waals surface area contributed by atoms with Crippen LogP contribution in [0.5, 0.6) is 0 Å². The van der Waals surface area contributed by atoms with Gasteiger partial charge in [0, 0.05) is 42.9 Å². The van der Waals surface area contributed by atoms with Crippen molar-refractivity contribution in [2.75, 3.05) is 38.3 Å². The second kappa shape index (κ2) is 10.9. The number of nitrogens with zero attached hydrogens (tertiary/aromatic N) is 4. The summed E-state index contributed by atoms with van der Waals surface area (Å²) in [5.74, 6) is 0.0604. The molecule has 2 aliphatic heterocycles. The molecule has 0 radical (unpaired) electrons. The highest BCUT2D eigenvalue weighted by Gasteiger charge is 2.26. The smallest absolute Gasteiger partial charge is 0.223 e. The largest absolute Gasteiger partial charge is 0.389 e. The molecule has 37 heavy (non-hydrogen) atoms. The highest BCUT2D eigenvalue weighted by molar-refractivity contribution is 5.92. The summed E-state index contributed by atoms with van der Waals surface area (Å²) in [7, 11) is 0. The molecule has 0 aliphatic carbocycles. The lowest BCUT2D eigenvalue weighted by Gasteiger charge is -2.34. The maximum atomic E-state index is 15.1. The van der Waals surface area contributed by atoms with Gasteiger partial charge < -0.3 is 19.9 Å². The van der Waals surface area contributed by atoms with Crippen molar-refractivity contribution in [3.63, 3.8) is 0 Å². The van der Waals surface area contributed by atoms with Crippen LogP contribution in [-0.4, -0.2) is 76.1 Å². The molecule has 2 aliphatic rings. The first-order valence-corrected chi connectivity index (χ1v) is 13.1. The van der Waals surface area contributed by atoms with Gasteiger partial charge in [0.2, 0.25) is 5.95 Å². The highest BCUT2D eigenvalue weighted by atomic mass is 19.1. The predicted molar refractivity (Wildman–Crippen MR) is 141 cm³/mol. The van der Waals surface area contributed by atoms with Gasteiger partial charge in [-0.3, -0.25) is 9.88 Å². The van der Waals surface area contributed by atoms with Gasteiger partial charge in [-0.25, -0.2) is 14.4 Å². The molecule has 2 saturated heterocycles. The molecule has 5 rings (SSSR count). The summed E-state index contributed by atoms with van der Waals surface area (Å²) in [6.07, 6.45) is 3.14. The Labute approximate surface area is 217 Å². The van der Waals surface area contributed by atoms with Gasteiger partial charge in [0.25, 0.3) is 0 Å². The van der Waals surface area contributed by atoms with E-state index in [0.29, 0.717) is 30.6 Å². The van der Waals surface area contributed by atoms with Crippen molar-refractivity contribution in [1.82, 2.24) is 19.9 Å². The molecule has 0 amide bonds. The summed E-state index contributed by atoms with van der Waals surface area (Å²) in [5.41, 5.74) is 5.21. The van der Waals surface area contributed by atoms with Crippen LogP contribution >= 0.6 is 0 Å². The predicted octanol–water partition coefficient (Wildman–Crippen LogP) is 4.05. The second-order valence-electron chi connectivity index (χ2n) is 10.5. The monoisotopic (exact) mass is 509 g/mol. The van der Waals surface area contributed by atoms with E-state index in [9.17, 15) is 5.11 Å². The van der Waals surface area contributed by atoms with E-state index in [1.54, 1.807) is 0 Å². The zero-order valence-electron chi connectivity index (χ0n) is 22.0. The summed E-state index contributed by atoms with van der Waals surface area (Å²) in [6.45, 7) is 12.6. The summed E-state index contributed by atoms with van der Waals surface area (Å²) in [6, 6.07) is 3.93. The number of ether oxygens (including phenoxy) is 2. The minimum atomic E-state index is -0.666. The van der Waals surface area contributed by atoms with Gasteiger partial charge in [-0.1, -0.05) is 19.9 Å². The van der Waals surface area contributed by atoms with Crippen LogP contribution in [0, 0.1) is 12.7 Å². The lowest BCUT2D eigenvalue weighted by atomic mass is 9.89. The van der Waals surface area contributed by atoms with Gasteiger partial charge in [0.1, 0.15) is 5.69 Å². The third-order valence-electron chi connectivity index (χ3n) is 7.51. The number of hydrogen-bond acceptors (Lipinski definition) is 8. The Bertz CT molecular complexity index is 1270. The molecule has 9 heteroatoms. The summed E-state index contributed by atoms with van der Waals surface area (Å²) in [4.78, 5) is 15.9. The number of anilines is 1. The number of rotatable bonds is 6. The quantitative estimate of drug-likeness (QED) is 0.514. The average Bonchev–Trinajstić information content (AvgIpc) is 2.88. The fourth-order valence-electron chi connectivity index (χ4n) is 5.46. The van der Waals surface area contributed by atoms with Crippen LogP contribution in [0.1, 0.15) is 49.8 Å². The number of benzene rings is 1. The molecule has 0 bridgehead atoms. The van der Waals surface area contributed by atoms with Gasteiger partial charge >= 0.3 is 0 Å². The van der Waals surface area contributed by atoms with Gasteiger partial charge in [0.05, 0.1) is 43.7 Å². The Morgan fingerprint density at radius 2 is 1.97 bits per heavy atom. The Balaban J connectivity index is 1.55. The number of pyridine rings is 1. The van der Waals surface area contributed by atoms with E-state index >= 15 is 4.39 Å². The second-order valence-corrected chi connectivity index (χ2v) is 10.5. The van der Waals surface area contributed by atoms with Crippen LogP contribution < -0.4 is 5.32 Å². The molecule has 3 atom stereocenters. The van der Waals surface area contributed by atoms with E-state index in [2.05, 4.69) is 41.0 Å². The van der Waals surface area contributed by atoms with Crippen molar-refractivity contribution in [3.8, 4) is 11.3 Å². The number of morpholine rings is 1. The Kier molecular flexibility index (Phi) is 7.67. The van der Waals surface area contributed by atoms with Crippen LogP contribution in [0.4, 0.5) is 10.3 Å². The summed E-state index contributed by atoms with van der Waals surface area (Å²) in [5, 5.41) is 14.5. The zero-order valence-corrected chi connectivity index (χ0v) is 22.0. The lowest BCUT2D eigenvalue weighted by molar-refractivity contribution is -0.0136. The van der Waals surface area contributed by atoms with E-state index in [1.807, 2.05) is 25.3 Å². The third-order valence-corrected chi connectivity index (χ3v) is 7.51. The van der Waals surface area contributed by atoms with Crippen LogP contribution in [-0.2, 0) is 16.0 Å². The number of halogens is 1. The van der Waals surface area contributed by atoms with Gasteiger partial charge in [-0.05, 0) is 48.9 Å². The van der Waals surface area contributed by atoms with Crippen molar-refractivity contribution in [2.45, 2.75) is 64.8 Å². The van der Waals surface area contributed by atoms with Crippen molar-refractivity contribution >= 4 is 16.9 Å². The molecule has 8 nitrogen and oxygen atoms in total. The zero-order chi connectivity index (χ0) is 26.1. The van der Waals surface area contributed by atoms with Crippen LogP contribution in [0.2, 0.25) is 0 Å². The number of nitrogens with one attached hydrogen (secondary N) is 1. The Morgan fingerprint density at radius 1 is 1.16 bits per heavy atom. The maximum Gasteiger partial charge on any atom is 0.223 e. The summed E-state index contributed by atoms with van der Waals surface area (Å²) < 4.78 is 26.1. The molecule has 0 saturated carbocycles. The number of aliphatic hydroxyl groups is 1. The minimum Gasteiger partial charge on any atom is -0.389 e. The van der Waals surface area contributed by atoms with Gasteiger partial charge in [-0.15, -0.1) is 0 Å². The molecule has 0 spiro atoms. The fourth-order valence-corrected chi connectivity index (χ4v) is 5.46. The molecule has 198 valence electrons. The van der Waals surface area contributed by atoms with Crippen molar-refractivity contribution in [3.05, 3.63) is 47.0 Å². The first-order valence-electron chi connectivity index (χ1n) is 13.1. The first kappa shape index (κ1) is 25.9. The topological polar surface area (TPSA) is 92.6 Å². The normalized spacial score (nSPS) is 23.1. The van der Waals surface area contributed by atoms with Gasteiger partial charge in [0.15, 0.2) is 5.82 Å². The van der Waals surface area contributed by atoms with E-state index in [-0.39, 0.29) is 24.3 Å². The number of aryl methyl sites for hydroxylation is 1. The van der Waals surface area contributed by atoms with E-state index in [0.717, 1.165) is 42.8 Å². The standard InChI is InChI=1S/C28H36FN5O3/c1-16(2)25-19(13-34-8-10-37-14-17(34)3)11-30-23-6-5-20(18(4)26(23)25)27-21(29)12-31-28(33-27)32-22-7-9-36-15-24(22)35/h5-6,11-12,16-17,22,24,35H,7-10,13-15H2,1-4H3,(H,31,32,33)/t17-,22-,24-/m1/s1. The van der Waals surface area contributed by atoms with E-state index in [1.165, 1.54) is 17.3 Å². The number of aliphatic hydroxyl groups excluding tert-OH is 1. The van der Waals surface area contributed by atoms with Crippen molar-refractivity contribution in [2.24, 2.45) is 0 Å². The first-order chi connectivity index (χ1) is 17.8. The third kappa shape index (κ3) is 5.31. The molecule has 2 N–H and O–H groups in total. The molecule has 3 aromatic rings. The Hall–Kier alpha value is -2.72. The molecule has 2 aromatic heterocycles. The summed E-state index contributed by atoms with van der Waals surface area (Å²) >= 11 is 0. The van der Waals surface area contributed by atoms with Gasteiger partial charge in [-0.2, -0.15) is 0 Å². The minimum absolute atomic E-state index is 0.236. The van der Waals surface area contributed by atoms with Crippen LogP contribution in [0.15, 0.2) is 24.5 Å². The molecule has 1 aromatic carbocycles. The van der Waals surface area contributed by atoms with Crippen molar-refractivity contribution < 1.29 is 19.0 Å². The molecule has 0 unspecified atom stereocenters. The number of hydrogen-bond donors (Lipinski definition) is 2. The average molecular weight is 510 g/mol. The maximum absolute atomic E-state index is 15.1. The van der Waals surface area contributed by atoms with E-state index in [4.69, 9.17) is 14.5 Å². The fraction of sp³-hybridized carbons (Fsp3) is 0.536. The molecular weight excluding hydrogens is 473 g/mol. The van der Waals surface area contributed by atoms with Crippen LogP contribution in [0.3, 0.4) is 0 Å². The lowest BCUT2D eigenvalue weighted by Crippen LogP contribution is -2.43. The highest BCUT2D eigenvalue weighted by Crippen LogP contribution is 2.36. The van der Waals surface area contributed by atoms with Crippen molar-refractivity contribution in [1.29, 1.82) is 0 Å². The van der Waals surface area contributed by atoms with Crippen LogP contribution in [0.25, 0.3) is 22.2 Å². The molecular formula is C28H36FN5O3. The van der Waals surface area contributed by atoms with E-state index < -0.39 is 11.9 Å². The molecule has 4 heterocycles. The Morgan fingerprint density at radius 3 is 2.73 bits per heavy atom. The number of fused-ring (bicyclic) bond motifs is 1. The molecule has 2 fully saturated rings. The SMILES string of the molecule is Cc1c(-c2nc(N[C@@H]3CCOC[C@H]3O)ncc2F)ccc2ncc(CN3CCOC[C@H]3C)c(C(C)C)c12. The number of aromatic nitrogens is 3.